The first-order valence-corrected chi connectivity index (χ1v) is 16.0. The fraction of sp³-hybridized carbons (Fsp3) is 0.548. The van der Waals surface area contributed by atoms with Gasteiger partial charge in [0.2, 0.25) is 5.95 Å². The van der Waals surface area contributed by atoms with E-state index in [2.05, 4.69) is 31.0 Å². The highest BCUT2D eigenvalue weighted by Gasteiger charge is 2.55. The molecule has 1 atom stereocenters. The number of anilines is 1. The van der Waals surface area contributed by atoms with Gasteiger partial charge in [0.15, 0.2) is 11.6 Å². The fourth-order valence-electron chi connectivity index (χ4n) is 6.12. The molecule has 1 saturated heterocycles. The van der Waals surface area contributed by atoms with Crippen molar-refractivity contribution in [2.24, 2.45) is 0 Å². The molecule has 1 aliphatic heterocycles. The topological polar surface area (TPSA) is 82.4 Å². The van der Waals surface area contributed by atoms with Crippen molar-refractivity contribution in [3.8, 4) is 0 Å². The average Bonchev–Trinajstić information content (AvgIpc) is 3.65. The van der Waals surface area contributed by atoms with Gasteiger partial charge >= 0.3 is 0 Å². The van der Waals surface area contributed by atoms with Crippen LogP contribution < -0.4 is 4.90 Å². The summed E-state index contributed by atoms with van der Waals surface area (Å²) in [6.45, 7) is 2.19. The number of ether oxygens (including phenoxy) is 2. The van der Waals surface area contributed by atoms with Crippen molar-refractivity contribution in [3.05, 3.63) is 68.7 Å². The molecular weight excluding hydrogens is 722 g/mol. The number of alkyl halides is 6. The van der Waals surface area contributed by atoms with E-state index in [1.54, 1.807) is 11.9 Å². The SMILES string of the molecule is CCC1(CCN(C)c2ncc(Br)c([C@@H](CC(=O)Cn3nc(C(F)F)c4c3C(F)(F)CCC4(F)F)Cc3cc(F)cc(F)c3)n2)OCCO1. The molecule has 0 radical (unpaired) electrons. The van der Waals surface area contributed by atoms with Gasteiger partial charge in [0, 0.05) is 57.5 Å². The summed E-state index contributed by atoms with van der Waals surface area (Å²) in [5, 5.41) is 3.35. The molecule has 0 unspecified atom stereocenters. The molecule has 3 heterocycles. The second kappa shape index (κ2) is 14.0. The van der Waals surface area contributed by atoms with Crippen molar-refractivity contribution in [2.75, 3.05) is 31.7 Å². The van der Waals surface area contributed by atoms with Crippen LogP contribution in [-0.2, 0) is 39.1 Å². The third kappa shape index (κ3) is 7.67. The highest BCUT2D eigenvalue weighted by molar-refractivity contribution is 9.10. The molecule has 1 aromatic carbocycles. The van der Waals surface area contributed by atoms with Crippen LogP contribution in [0.25, 0.3) is 0 Å². The Balaban J connectivity index is 1.46. The second-order valence-corrected chi connectivity index (χ2v) is 12.8. The van der Waals surface area contributed by atoms with Gasteiger partial charge in [-0.3, -0.25) is 9.48 Å². The lowest BCUT2D eigenvalue weighted by molar-refractivity contribution is -0.161. The molecule has 17 heteroatoms. The molecule has 48 heavy (non-hydrogen) atoms. The van der Waals surface area contributed by atoms with Gasteiger partial charge in [0.05, 0.1) is 28.9 Å². The lowest BCUT2D eigenvalue weighted by Crippen LogP contribution is -2.35. The van der Waals surface area contributed by atoms with Gasteiger partial charge in [-0.1, -0.05) is 6.92 Å². The van der Waals surface area contributed by atoms with E-state index < -0.39 is 90.2 Å². The maximum absolute atomic E-state index is 14.9. The summed E-state index contributed by atoms with van der Waals surface area (Å²) < 4.78 is 127. The van der Waals surface area contributed by atoms with Gasteiger partial charge in [-0.05, 0) is 46.5 Å². The van der Waals surface area contributed by atoms with Gasteiger partial charge < -0.3 is 14.4 Å². The minimum atomic E-state index is -4.00. The third-order valence-corrected chi connectivity index (χ3v) is 9.13. The van der Waals surface area contributed by atoms with E-state index in [0.717, 1.165) is 12.1 Å². The summed E-state index contributed by atoms with van der Waals surface area (Å²) in [6, 6.07) is 2.77. The van der Waals surface area contributed by atoms with Gasteiger partial charge in [-0.15, -0.1) is 0 Å². The Bertz CT molecular complexity index is 1630. The van der Waals surface area contributed by atoms with Crippen molar-refractivity contribution in [1.82, 2.24) is 19.7 Å². The number of carbonyl (C=O) groups excluding carboxylic acids is 1. The summed E-state index contributed by atoms with van der Waals surface area (Å²) in [5.41, 5.74) is -4.17. The normalized spacial score (nSPS) is 18.6. The first kappa shape index (κ1) is 36.1. The van der Waals surface area contributed by atoms with Crippen molar-refractivity contribution in [1.29, 1.82) is 0 Å². The lowest BCUT2D eigenvalue weighted by Gasteiger charge is -2.29. The Morgan fingerprint density at radius 3 is 2.31 bits per heavy atom. The number of benzene rings is 1. The van der Waals surface area contributed by atoms with Crippen molar-refractivity contribution >= 4 is 27.7 Å². The van der Waals surface area contributed by atoms with Gasteiger partial charge in [0.1, 0.15) is 29.6 Å². The maximum atomic E-state index is 14.9. The second-order valence-electron chi connectivity index (χ2n) is 11.9. The molecule has 5 rings (SSSR count). The monoisotopic (exact) mass is 753 g/mol. The molecule has 0 bridgehead atoms. The molecule has 2 aromatic heterocycles. The van der Waals surface area contributed by atoms with Crippen LogP contribution in [-0.4, -0.2) is 58.1 Å². The molecule has 0 N–H and O–H groups in total. The standard InChI is InChI=1S/C31H32BrF8N5O3/c1-3-29(47-8-9-48-29)6-7-44(2)28-41-15-22(32)24(42-28)18(10-17-11-19(33)14-20(34)12-17)13-21(46)16-45-26-23(25(43-45)27(35)36)30(37,38)4-5-31(26,39)40/h11-12,14-15,18,27H,3-10,13,16H2,1-2H3/t18-/m1/s1. The van der Waals surface area contributed by atoms with E-state index in [0.29, 0.717) is 43.1 Å². The predicted octanol–water partition coefficient (Wildman–Crippen LogP) is 7.59. The van der Waals surface area contributed by atoms with Crippen LogP contribution in [0.1, 0.15) is 79.6 Å². The summed E-state index contributed by atoms with van der Waals surface area (Å²) >= 11 is 3.36. The molecule has 8 nitrogen and oxygen atoms in total. The molecule has 0 saturated carbocycles. The minimum Gasteiger partial charge on any atom is -0.347 e. The van der Waals surface area contributed by atoms with Crippen LogP contribution in [0.4, 0.5) is 41.1 Å². The van der Waals surface area contributed by atoms with Crippen LogP contribution in [0.5, 0.6) is 0 Å². The van der Waals surface area contributed by atoms with Crippen LogP contribution in [0, 0.1) is 11.6 Å². The number of rotatable bonds is 13. The molecule has 1 aliphatic carbocycles. The first-order valence-electron chi connectivity index (χ1n) is 15.2. The van der Waals surface area contributed by atoms with E-state index in [1.807, 2.05) is 6.92 Å². The zero-order chi connectivity index (χ0) is 35.0. The van der Waals surface area contributed by atoms with Gasteiger partial charge in [-0.2, -0.15) is 13.9 Å². The van der Waals surface area contributed by atoms with E-state index in [9.17, 15) is 39.9 Å². The van der Waals surface area contributed by atoms with Crippen molar-refractivity contribution in [2.45, 2.75) is 82.0 Å². The summed E-state index contributed by atoms with van der Waals surface area (Å²) in [7, 11) is 1.71. The lowest BCUT2D eigenvalue weighted by atomic mass is 9.88. The van der Waals surface area contributed by atoms with E-state index in [1.165, 1.54) is 6.20 Å². The first-order chi connectivity index (χ1) is 22.5. The minimum absolute atomic E-state index is 0.133. The van der Waals surface area contributed by atoms with Crippen LogP contribution in [0.2, 0.25) is 0 Å². The number of ketones is 1. The number of aromatic nitrogens is 4. The van der Waals surface area contributed by atoms with E-state index in [4.69, 9.17) is 9.47 Å². The number of hydrogen-bond donors (Lipinski definition) is 0. The number of carbonyl (C=O) groups is 1. The van der Waals surface area contributed by atoms with Crippen molar-refractivity contribution < 1.29 is 49.4 Å². The van der Waals surface area contributed by atoms with Crippen LogP contribution in [0.15, 0.2) is 28.9 Å². The zero-order valence-corrected chi connectivity index (χ0v) is 27.5. The average molecular weight is 755 g/mol. The Kier molecular flexibility index (Phi) is 10.5. The summed E-state index contributed by atoms with van der Waals surface area (Å²) in [6.07, 6.45) is -4.50. The number of nitrogens with zero attached hydrogens (tertiary/aromatic N) is 5. The molecule has 262 valence electrons. The number of fused-ring (bicyclic) bond motifs is 1. The molecule has 3 aromatic rings. The fourth-order valence-corrected chi connectivity index (χ4v) is 6.64. The van der Waals surface area contributed by atoms with Crippen LogP contribution >= 0.6 is 15.9 Å². The Morgan fingerprint density at radius 1 is 1.04 bits per heavy atom. The predicted molar refractivity (Wildman–Crippen MR) is 159 cm³/mol. The smallest absolute Gasteiger partial charge is 0.290 e. The molecule has 0 spiro atoms. The quantitative estimate of drug-likeness (QED) is 0.167. The highest BCUT2D eigenvalue weighted by Crippen LogP contribution is 2.52. The molecule has 0 amide bonds. The van der Waals surface area contributed by atoms with Gasteiger partial charge in [-0.25, -0.2) is 36.3 Å². The summed E-state index contributed by atoms with van der Waals surface area (Å²) in [5.74, 6) is -12.1. The zero-order valence-electron chi connectivity index (χ0n) is 25.9. The maximum Gasteiger partial charge on any atom is 0.290 e. The largest absolute Gasteiger partial charge is 0.347 e. The third-order valence-electron chi connectivity index (χ3n) is 8.52. The Labute approximate surface area is 278 Å². The van der Waals surface area contributed by atoms with Crippen LogP contribution in [0.3, 0.4) is 0 Å². The Hall–Kier alpha value is -3.18. The number of hydrogen-bond acceptors (Lipinski definition) is 7. The Morgan fingerprint density at radius 2 is 1.69 bits per heavy atom. The molecule has 2 aliphatic rings. The highest BCUT2D eigenvalue weighted by atomic mass is 79.9. The number of Topliss-reactive ketones (excluding diaryl/α,β-unsaturated/α-hetero) is 1. The molecule has 1 fully saturated rings. The van der Waals surface area contributed by atoms with Gasteiger partial charge in [0.25, 0.3) is 18.3 Å². The van der Waals surface area contributed by atoms with Crippen molar-refractivity contribution in [3.63, 3.8) is 0 Å². The van der Waals surface area contributed by atoms with E-state index >= 15 is 0 Å². The summed E-state index contributed by atoms with van der Waals surface area (Å²) in [4.78, 5) is 24.1. The van der Waals surface area contributed by atoms with E-state index in [-0.39, 0.29) is 28.3 Å². The number of halogens is 9. The molecular formula is C31H32BrF8N5O3.